The van der Waals surface area contributed by atoms with Gasteiger partial charge in [0.1, 0.15) is 5.38 Å². The van der Waals surface area contributed by atoms with Gasteiger partial charge in [-0.05, 0) is 11.6 Å². The van der Waals surface area contributed by atoms with Gasteiger partial charge in [-0.2, -0.15) is 0 Å². The van der Waals surface area contributed by atoms with Crippen LogP contribution in [0, 0.1) is 0 Å². The Balaban J connectivity index is 2.66. The molecule has 3 heteroatoms. The van der Waals surface area contributed by atoms with E-state index in [4.69, 9.17) is 23.2 Å². The molecule has 0 N–H and O–H groups in total. The van der Waals surface area contributed by atoms with Crippen molar-refractivity contribution in [1.29, 1.82) is 0 Å². The lowest BCUT2D eigenvalue weighted by molar-refractivity contribution is -0.533. The summed E-state index contributed by atoms with van der Waals surface area (Å²) in [6.45, 7) is 4.96. The number of rotatable bonds is 1. The highest BCUT2D eigenvalue weighted by atomic mass is 35.5. The fraction of sp³-hybridized carbons (Fsp3) is 0.857. The molecular formula is C7H12Cl2N+. The van der Waals surface area contributed by atoms with Gasteiger partial charge in [-0.25, -0.2) is 4.58 Å². The predicted octanol–water partition coefficient (Wildman–Crippen LogP) is 2.06. The van der Waals surface area contributed by atoms with Crippen LogP contribution >= 0.6 is 23.2 Å². The molecule has 0 aromatic rings. The molecule has 0 radical (unpaired) electrons. The molecule has 0 aromatic heterocycles. The van der Waals surface area contributed by atoms with Crippen LogP contribution in [-0.4, -0.2) is 27.7 Å². The minimum atomic E-state index is 0.0868. The fourth-order valence-electron chi connectivity index (χ4n) is 1.32. The zero-order chi connectivity index (χ0) is 7.72. The third-order valence-electron chi connectivity index (χ3n) is 1.83. The van der Waals surface area contributed by atoms with E-state index in [9.17, 15) is 0 Å². The Hall–Kier alpha value is 0.250. The average Bonchev–Trinajstić information content (AvgIpc) is 2.10. The van der Waals surface area contributed by atoms with Gasteiger partial charge in [-0.15, -0.1) is 11.6 Å². The second-order valence-corrected chi connectivity index (χ2v) is 4.01. The summed E-state index contributed by atoms with van der Waals surface area (Å²) in [5.74, 6) is 0. The number of halogens is 2. The molecule has 1 aliphatic rings. The fourth-order valence-corrected chi connectivity index (χ4v) is 1.94. The quantitative estimate of drug-likeness (QED) is 0.331. The first-order valence-corrected chi connectivity index (χ1v) is 4.35. The van der Waals surface area contributed by atoms with Crippen molar-refractivity contribution >= 4 is 28.9 Å². The van der Waals surface area contributed by atoms with Gasteiger partial charge in [0.25, 0.3) is 0 Å². The van der Waals surface area contributed by atoms with Gasteiger partial charge in [0.05, 0.1) is 0 Å². The third kappa shape index (κ3) is 1.64. The largest absolute Gasteiger partial charge is 0.224 e. The van der Waals surface area contributed by atoms with Crippen molar-refractivity contribution in [2.24, 2.45) is 0 Å². The Morgan fingerprint density at radius 2 is 2.30 bits per heavy atom. The summed E-state index contributed by atoms with van der Waals surface area (Å²) in [6.07, 6.45) is 0.985. The molecule has 10 heavy (non-hydrogen) atoms. The first kappa shape index (κ1) is 8.35. The molecule has 1 rings (SSSR count). The molecule has 0 saturated heterocycles. The van der Waals surface area contributed by atoms with Crippen molar-refractivity contribution in [3.05, 3.63) is 0 Å². The molecule has 1 heterocycles. The topological polar surface area (TPSA) is 3.01 Å². The molecule has 2 unspecified atom stereocenters. The Bertz CT molecular complexity index is 163. The average molecular weight is 181 g/mol. The Kier molecular flexibility index (Phi) is 2.59. The minimum absolute atomic E-state index is 0.0868. The van der Waals surface area contributed by atoms with Crippen LogP contribution in [0.5, 0.6) is 0 Å². The van der Waals surface area contributed by atoms with Gasteiger partial charge in [-0.1, -0.05) is 0 Å². The summed E-state index contributed by atoms with van der Waals surface area (Å²) < 4.78 is 2.14. The molecule has 58 valence electrons. The molecule has 1 nitrogen and oxygen atoms in total. The normalized spacial score (nSPS) is 29.4. The van der Waals surface area contributed by atoms with Crippen molar-refractivity contribution in [2.75, 3.05) is 6.54 Å². The van der Waals surface area contributed by atoms with Gasteiger partial charge in [0.2, 0.25) is 5.50 Å². The van der Waals surface area contributed by atoms with Crippen LogP contribution in [0.4, 0.5) is 0 Å². The van der Waals surface area contributed by atoms with Crippen LogP contribution in [0.2, 0.25) is 0 Å². The summed E-state index contributed by atoms with van der Waals surface area (Å²) in [5.41, 5.74) is 1.39. The highest BCUT2D eigenvalue weighted by molar-refractivity contribution is 6.22. The van der Waals surface area contributed by atoms with E-state index in [1.54, 1.807) is 0 Å². The van der Waals surface area contributed by atoms with Crippen molar-refractivity contribution in [3.8, 4) is 0 Å². The molecule has 2 atom stereocenters. The van der Waals surface area contributed by atoms with E-state index in [0.29, 0.717) is 0 Å². The third-order valence-corrected chi connectivity index (χ3v) is 2.36. The highest BCUT2D eigenvalue weighted by Gasteiger charge is 2.29. The van der Waals surface area contributed by atoms with Gasteiger partial charge >= 0.3 is 0 Å². The maximum atomic E-state index is 5.92. The second-order valence-electron chi connectivity index (χ2n) is 2.76. The van der Waals surface area contributed by atoms with Gasteiger partial charge in [0, 0.05) is 20.3 Å². The molecule has 0 aliphatic carbocycles. The molecule has 0 saturated carbocycles. The van der Waals surface area contributed by atoms with E-state index < -0.39 is 0 Å². The predicted molar refractivity (Wildman–Crippen MR) is 45.4 cm³/mol. The van der Waals surface area contributed by atoms with Crippen LogP contribution in [0.3, 0.4) is 0 Å². The maximum absolute atomic E-state index is 5.92. The van der Waals surface area contributed by atoms with E-state index >= 15 is 0 Å². The van der Waals surface area contributed by atoms with Crippen molar-refractivity contribution in [1.82, 2.24) is 0 Å². The van der Waals surface area contributed by atoms with E-state index in [2.05, 4.69) is 11.5 Å². The van der Waals surface area contributed by atoms with Crippen LogP contribution in [0.25, 0.3) is 0 Å². The summed E-state index contributed by atoms with van der Waals surface area (Å²) >= 11 is 11.8. The molecule has 0 fully saturated rings. The van der Waals surface area contributed by atoms with E-state index in [1.807, 2.05) is 6.92 Å². The van der Waals surface area contributed by atoms with E-state index in [1.165, 1.54) is 5.71 Å². The van der Waals surface area contributed by atoms with E-state index in [-0.39, 0.29) is 10.9 Å². The van der Waals surface area contributed by atoms with E-state index in [0.717, 1.165) is 13.0 Å². The first-order valence-electron chi connectivity index (χ1n) is 3.48. The molecule has 0 amide bonds. The van der Waals surface area contributed by atoms with Crippen LogP contribution in [-0.2, 0) is 0 Å². The molecule has 0 spiro atoms. The standard InChI is InChI=1S/C7H12Cl2N/c1-5-3-7(9)4-10(5)6(2)8/h6-7H,3-4H2,1-2H3/q+1. The Morgan fingerprint density at radius 1 is 1.70 bits per heavy atom. The molecular weight excluding hydrogens is 169 g/mol. The van der Waals surface area contributed by atoms with Gasteiger partial charge in [0.15, 0.2) is 12.3 Å². The Morgan fingerprint density at radius 3 is 2.50 bits per heavy atom. The maximum Gasteiger partial charge on any atom is 0.224 e. The van der Waals surface area contributed by atoms with Crippen LogP contribution < -0.4 is 0 Å². The van der Waals surface area contributed by atoms with Crippen molar-refractivity contribution in [3.63, 3.8) is 0 Å². The highest BCUT2D eigenvalue weighted by Crippen LogP contribution is 2.15. The zero-order valence-electron chi connectivity index (χ0n) is 6.27. The van der Waals surface area contributed by atoms with Crippen LogP contribution in [0.15, 0.2) is 0 Å². The molecule has 1 aliphatic heterocycles. The number of hydrogen-bond acceptors (Lipinski definition) is 0. The summed E-state index contributed by atoms with van der Waals surface area (Å²) in [4.78, 5) is 0. The number of nitrogens with zero attached hydrogens (tertiary/aromatic N) is 1. The second kappa shape index (κ2) is 3.10. The van der Waals surface area contributed by atoms with Crippen molar-refractivity contribution in [2.45, 2.75) is 31.1 Å². The van der Waals surface area contributed by atoms with Crippen molar-refractivity contribution < 1.29 is 4.58 Å². The molecule has 0 aromatic carbocycles. The summed E-state index contributed by atoms with van der Waals surface area (Å²) in [5, 5.41) is 0.265. The lowest BCUT2D eigenvalue weighted by Crippen LogP contribution is -2.20. The summed E-state index contributed by atoms with van der Waals surface area (Å²) in [6, 6.07) is 0. The van der Waals surface area contributed by atoms with Gasteiger partial charge < -0.3 is 0 Å². The molecule has 0 bridgehead atoms. The van der Waals surface area contributed by atoms with Crippen LogP contribution in [0.1, 0.15) is 20.3 Å². The Labute approximate surface area is 71.6 Å². The minimum Gasteiger partial charge on any atom is -0.219 e. The lowest BCUT2D eigenvalue weighted by atomic mass is 10.3. The smallest absolute Gasteiger partial charge is 0.219 e. The monoisotopic (exact) mass is 180 g/mol. The first-order chi connectivity index (χ1) is 4.61. The van der Waals surface area contributed by atoms with Gasteiger partial charge in [-0.3, -0.25) is 0 Å². The SMILES string of the molecule is CC1=[N+](C(C)Cl)CC(Cl)C1. The summed E-state index contributed by atoms with van der Waals surface area (Å²) in [7, 11) is 0. The lowest BCUT2D eigenvalue weighted by Gasteiger charge is -2.00. The number of alkyl halides is 2. The zero-order valence-corrected chi connectivity index (χ0v) is 7.78. The number of hydrogen-bond donors (Lipinski definition) is 0.